The molecule has 1 saturated heterocycles. The third-order valence-electron chi connectivity index (χ3n) is 6.74. The highest BCUT2D eigenvalue weighted by atomic mass is 32.2. The van der Waals surface area contributed by atoms with Gasteiger partial charge in [0.25, 0.3) is 11.8 Å². The zero-order valence-corrected chi connectivity index (χ0v) is 24.3. The SMILES string of the molecule is CCOc1cccc(-c2ccc(C(=O)N3CCN(c4ccc(C(=O)NS(=O)(=O)C(C)(C)C)nn4)CC3)cc2C)c1. The van der Waals surface area contributed by atoms with Crippen LogP contribution in [-0.2, 0) is 10.0 Å². The zero-order valence-electron chi connectivity index (χ0n) is 23.5. The fourth-order valence-corrected chi connectivity index (χ4v) is 4.96. The van der Waals surface area contributed by atoms with Crippen LogP contribution in [0.2, 0.25) is 0 Å². The molecule has 1 aliphatic heterocycles. The molecule has 2 amide bonds. The Morgan fingerprint density at radius 2 is 1.70 bits per heavy atom. The highest BCUT2D eigenvalue weighted by Gasteiger charge is 2.31. The monoisotopic (exact) mass is 565 g/mol. The quantitative estimate of drug-likeness (QED) is 0.461. The van der Waals surface area contributed by atoms with Gasteiger partial charge in [-0.25, -0.2) is 13.1 Å². The molecule has 4 rings (SSSR count). The van der Waals surface area contributed by atoms with Crippen molar-refractivity contribution in [1.29, 1.82) is 0 Å². The van der Waals surface area contributed by atoms with E-state index in [0.29, 0.717) is 44.2 Å². The van der Waals surface area contributed by atoms with Crippen LogP contribution in [0, 0.1) is 6.92 Å². The summed E-state index contributed by atoms with van der Waals surface area (Å²) in [6.45, 7) is 11.2. The van der Waals surface area contributed by atoms with E-state index in [4.69, 9.17) is 4.74 Å². The molecular weight excluding hydrogens is 530 g/mol. The zero-order chi connectivity index (χ0) is 29.1. The van der Waals surface area contributed by atoms with E-state index in [2.05, 4.69) is 10.2 Å². The molecule has 1 fully saturated rings. The summed E-state index contributed by atoms with van der Waals surface area (Å²) in [5, 5.41) is 8.04. The molecular formula is C29H35N5O5S. The van der Waals surface area contributed by atoms with Gasteiger partial charge >= 0.3 is 0 Å². The van der Waals surface area contributed by atoms with Crippen molar-refractivity contribution in [2.75, 3.05) is 37.7 Å². The summed E-state index contributed by atoms with van der Waals surface area (Å²) in [6, 6.07) is 16.8. The first-order valence-electron chi connectivity index (χ1n) is 13.2. The second-order valence-electron chi connectivity index (χ2n) is 10.6. The van der Waals surface area contributed by atoms with E-state index < -0.39 is 20.7 Å². The van der Waals surface area contributed by atoms with Crippen LogP contribution in [0.25, 0.3) is 11.1 Å². The van der Waals surface area contributed by atoms with E-state index in [1.807, 2.05) is 70.8 Å². The number of aromatic nitrogens is 2. The van der Waals surface area contributed by atoms with Gasteiger partial charge in [0.1, 0.15) is 5.75 Å². The lowest BCUT2D eigenvalue weighted by Crippen LogP contribution is -2.49. The molecule has 1 aromatic heterocycles. The van der Waals surface area contributed by atoms with Crippen LogP contribution in [0.4, 0.5) is 5.82 Å². The number of sulfonamides is 1. The molecule has 0 aliphatic carbocycles. The molecule has 10 nitrogen and oxygen atoms in total. The maximum Gasteiger partial charge on any atom is 0.285 e. The fraction of sp³-hybridized carbons (Fsp3) is 0.379. The van der Waals surface area contributed by atoms with Crippen molar-refractivity contribution in [3.05, 3.63) is 71.4 Å². The first-order valence-corrected chi connectivity index (χ1v) is 14.7. The van der Waals surface area contributed by atoms with Crippen LogP contribution in [-0.4, -0.2) is 72.9 Å². The van der Waals surface area contributed by atoms with Gasteiger partial charge < -0.3 is 14.5 Å². The molecule has 0 saturated carbocycles. The van der Waals surface area contributed by atoms with Crippen molar-refractivity contribution in [3.8, 4) is 16.9 Å². The number of anilines is 1. The molecule has 0 bridgehead atoms. The fourth-order valence-electron chi connectivity index (χ4n) is 4.30. The van der Waals surface area contributed by atoms with E-state index in [-0.39, 0.29) is 11.6 Å². The van der Waals surface area contributed by atoms with E-state index in [0.717, 1.165) is 22.4 Å². The molecule has 0 atom stereocenters. The minimum absolute atomic E-state index is 0.0319. The molecule has 2 aromatic carbocycles. The molecule has 1 aliphatic rings. The molecule has 212 valence electrons. The Bertz CT molecular complexity index is 1490. The maximum atomic E-state index is 13.3. The van der Waals surface area contributed by atoms with E-state index in [9.17, 15) is 18.0 Å². The number of benzene rings is 2. The molecule has 1 N–H and O–H groups in total. The first kappa shape index (κ1) is 29.0. The van der Waals surface area contributed by atoms with Gasteiger partial charge in [-0.05, 0) is 87.7 Å². The van der Waals surface area contributed by atoms with Crippen LogP contribution in [0.1, 0.15) is 54.1 Å². The van der Waals surface area contributed by atoms with Crippen molar-refractivity contribution >= 4 is 27.7 Å². The summed E-state index contributed by atoms with van der Waals surface area (Å²) in [5.74, 6) is 0.508. The average Bonchev–Trinajstić information content (AvgIpc) is 2.92. The van der Waals surface area contributed by atoms with Gasteiger partial charge in [0, 0.05) is 31.7 Å². The lowest BCUT2D eigenvalue weighted by atomic mass is 9.98. The Kier molecular flexibility index (Phi) is 8.43. The minimum Gasteiger partial charge on any atom is -0.494 e. The largest absolute Gasteiger partial charge is 0.494 e. The van der Waals surface area contributed by atoms with Gasteiger partial charge in [0.15, 0.2) is 11.5 Å². The minimum atomic E-state index is -3.86. The van der Waals surface area contributed by atoms with Gasteiger partial charge in [0.05, 0.1) is 11.4 Å². The number of hydrogen-bond donors (Lipinski definition) is 1. The van der Waals surface area contributed by atoms with Crippen LogP contribution in [0.5, 0.6) is 5.75 Å². The number of carbonyl (C=O) groups is 2. The first-order chi connectivity index (χ1) is 18.9. The Labute approximate surface area is 235 Å². The predicted molar refractivity (Wildman–Crippen MR) is 154 cm³/mol. The molecule has 0 spiro atoms. The van der Waals surface area contributed by atoms with Gasteiger partial charge in [0.2, 0.25) is 10.0 Å². The lowest BCUT2D eigenvalue weighted by molar-refractivity contribution is 0.0746. The molecule has 11 heteroatoms. The van der Waals surface area contributed by atoms with Crippen LogP contribution < -0.4 is 14.4 Å². The Morgan fingerprint density at radius 3 is 2.30 bits per heavy atom. The second kappa shape index (κ2) is 11.6. The lowest BCUT2D eigenvalue weighted by Gasteiger charge is -2.35. The number of rotatable bonds is 7. The van der Waals surface area contributed by atoms with Crippen LogP contribution >= 0.6 is 0 Å². The van der Waals surface area contributed by atoms with Gasteiger partial charge in [-0.15, -0.1) is 10.2 Å². The third kappa shape index (κ3) is 6.41. The normalized spacial score (nSPS) is 14.1. The molecule has 40 heavy (non-hydrogen) atoms. The second-order valence-corrected chi connectivity index (χ2v) is 13.0. The van der Waals surface area contributed by atoms with Crippen molar-refractivity contribution in [3.63, 3.8) is 0 Å². The number of hydrogen-bond acceptors (Lipinski definition) is 8. The summed E-state index contributed by atoms with van der Waals surface area (Å²) in [5.41, 5.74) is 3.64. The van der Waals surface area contributed by atoms with Crippen molar-refractivity contribution in [2.24, 2.45) is 0 Å². The number of piperazine rings is 1. The average molecular weight is 566 g/mol. The number of ether oxygens (including phenoxy) is 1. The van der Waals surface area contributed by atoms with E-state index in [1.165, 1.54) is 26.8 Å². The Hall–Kier alpha value is -3.99. The number of amides is 2. The topological polar surface area (TPSA) is 122 Å². The Morgan fingerprint density at radius 1 is 0.975 bits per heavy atom. The number of carbonyl (C=O) groups excluding carboxylic acids is 2. The summed E-state index contributed by atoms with van der Waals surface area (Å²) in [7, 11) is -3.86. The number of aryl methyl sites for hydroxylation is 1. The standard InChI is InChI=1S/C29H35N5O5S/c1-6-39-23-9-7-8-21(19-23)24-11-10-22(18-20(24)2)28(36)34-16-14-33(15-17-34)26-13-12-25(30-31-26)27(35)32-40(37,38)29(3,4)5/h7-13,18-19H,6,14-17H2,1-5H3,(H,32,35). The summed E-state index contributed by atoms with van der Waals surface area (Å²) < 4.78 is 31.0. The van der Waals surface area contributed by atoms with E-state index >= 15 is 0 Å². The number of nitrogens with one attached hydrogen (secondary N) is 1. The molecule has 0 unspecified atom stereocenters. The molecule has 3 aromatic rings. The highest BCUT2D eigenvalue weighted by Crippen LogP contribution is 2.28. The molecule has 2 heterocycles. The highest BCUT2D eigenvalue weighted by molar-refractivity contribution is 7.91. The maximum absolute atomic E-state index is 13.3. The summed E-state index contributed by atoms with van der Waals surface area (Å²) >= 11 is 0. The molecule has 0 radical (unpaired) electrons. The number of nitrogens with zero attached hydrogens (tertiary/aromatic N) is 4. The van der Waals surface area contributed by atoms with Gasteiger partial charge in [-0.2, -0.15) is 0 Å². The van der Waals surface area contributed by atoms with Gasteiger partial charge in [-0.1, -0.05) is 18.2 Å². The summed E-state index contributed by atoms with van der Waals surface area (Å²) in [6.07, 6.45) is 0. The van der Waals surface area contributed by atoms with Crippen molar-refractivity contribution in [1.82, 2.24) is 19.8 Å². The van der Waals surface area contributed by atoms with Crippen LogP contribution in [0.3, 0.4) is 0 Å². The predicted octanol–water partition coefficient (Wildman–Crippen LogP) is 3.67. The smallest absolute Gasteiger partial charge is 0.285 e. The third-order valence-corrected chi connectivity index (χ3v) is 8.80. The van der Waals surface area contributed by atoms with Crippen molar-refractivity contribution < 1.29 is 22.7 Å². The van der Waals surface area contributed by atoms with Crippen LogP contribution in [0.15, 0.2) is 54.6 Å². The van der Waals surface area contributed by atoms with Crippen molar-refractivity contribution in [2.45, 2.75) is 39.4 Å². The van der Waals surface area contributed by atoms with Gasteiger partial charge in [-0.3, -0.25) is 9.59 Å². The van der Waals surface area contributed by atoms with E-state index in [1.54, 1.807) is 6.07 Å². The summed E-state index contributed by atoms with van der Waals surface area (Å²) in [4.78, 5) is 29.4. The Balaban J connectivity index is 1.37.